The van der Waals surface area contributed by atoms with E-state index in [0.717, 1.165) is 16.8 Å². The standard InChI is InChI=1S/C25H26N2O5S/c1-30-21-6-4-5-20(14-21)26-25(33)27(15-17-7-10-19(11-8-17)24(28)29)16-18-9-12-22(31-2)23(13-18)32-3/h4-14H,15-16H2,1-3H3,(H,26,33)(H,28,29)/p-1. The molecule has 0 aliphatic heterocycles. The van der Waals surface area contributed by atoms with Crippen LogP contribution in [-0.4, -0.2) is 37.3 Å². The third-order valence-corrected chi connectivity index (χ3v) is 5.35. The molecule has 0 saturated carbocycles. The molecule has 3 aromatic carbocycles. The number of rotatable bonds is 9. The first-order valence-electron chi connectivity index (χ1n) is 10.1. The van der Waals surface area contributed by atoms with Crippen LogP contribution in [0.25, 0.3) is 0 Å². The Morgan fingerprint density at radius 3 is 2.18 bits per heavy atom. The molecule has 0 unspecified atom stereocenters. The quantitative estimate of drug-likeness (QED) is 0.481. The average Bonchev–Trinajstić information content (AvgIpc) is 2.83. The lowest BCUT2D eigenvalue weighted by molar-refractivity contribution is -0.255. The number of anilines is 1. The van der Waals surface area contributed by atoms with Crippen molar-refractivity contribution < 1.29 is 24.1 Å². The highest BCUT2D eigenvalue weighted by atomic mass is 32.1. The SMILES string of the molecule is COc1cccc(NC(=S)N(Cc2ccc(C(=O)[O-])cc2)Cc2ccc(OC)c(OC)c2)c1. The molecule has 0 aliphatic rings. The van der Waals surface area contributed by atoms with Crippen LogP contribution in [0.15, 0.2) is 66.7 Å². The maximum Gasteiger partial charge on any atom is 0.174 e. The molecule has 0 bridgehead atoms. The molecule has 0 aliphatic carbocycles. The Hall–Kier alpha value is -3.78. The van der Waals surface area contributed by atoms with E-state index in [0.29, 0.717) is 35.5 Å². The maximum absolute atomic E-state index is 11.1. The zero-order valence-electron chi connectivity index (χ0n) is 18.7. The number of hydrogen-bond donors (Lipinski definition) is 1. The molecule has 172 valence electrons. The molecular formula is C25H25N2O5S-. The summed E-state index contributed by atoms with van der Waals surface area (Å²) in [6, 6.07) is 19.7. The van der Waals surface area contributed by atoms with Crippen LogP contribution in [0.1, 0.15) is 21.5 Å². The fourth-order valence-electron chi connectivity index (χ4n) is 3.27. The molecule has 1 N–H and O–H groups in total. The number of carboxylic acids is 1. The number of methoxy groups -OCH3 is 3. The lowest BCUT2D eigenvalue weighted by atomic mass is 10.1. The van der Waals surface area contributed by atoms with Crippen molar-refractivity contribution in [2.75, 3.05) is 26.6 Å². The molecular weight excluding hydrogens is 440 g/mol. The van der Waals surface area contributed by atoms with Gasteiger partial charge in [-0.2, -0.15) is 0 Å². The molecule has 8 heteroatoms. The minimum atomic E-state index is -1.21. The Morgan fingerprint density at radius 2 is 1.55 bits per heavy atom. The third-order valence-electron chi connectivity index (χ3n) is 4.99. The smallest absolute Gasteiger partial charge is 0.174 e. The van der Waals surface area contributed by atoms with Crippen LogP contribution in [0, 0.1) is 0 Å². The molecule has 0 saturated heterocycles. The van der Waals surface area contributed by atoms with Crippen LogP contribution in [-0.2, 0) is 13.1 Å². The Bertz CT molecular complexity index is 1120. The number of thiocarbonyl (C=S) groups is 1. The van der Waals surface area contributed by atoms with Crippen molar-refractivity contribution in [2.24, 2.45) is 0 Å². The Morgan fingerprint density at radius 1 is 0.879 bits per heavy atom. The summed E-state index contributed by atoms with van der Waals surface area (Å²) in [4.78, 5) is 13.0. The first kappa shape index (κ1) is 23.9. The van der Waals surface area contributed by atoms with E-state index in [1.165, 1.54) is 12.1 Å². The minimum absolute atomic E-state index is 0.127. The summed E-state index contributed by atoms with van der Waals surface area (Å²) < 4.78 is 16.0. The van der Waals surface area contributed by atoms with Gasteiger partial charge in [-0.25, -0.2) is 0 Å². The van der Waals surface area contributed by atoms with Crippen LogP contribution in [0.3, 0.4) is 0 Å². The van der Waals surface area contributed by atoms with Gasteiger partial charge in [0.2, 0.25) is 0 Å². The Labute approximate surface area is 198 Å². The normalized spacial score (nSPS) is 10.3. The van der Waals surface area contributed by atoms with Gasteiger partial charge in [0.05, 0.1) is 27.3 Å². The van der Waals surface area contributed by atoms with E-state index >= 15 is 0 Å². The van der Waals surface area contributed by atoms with Gasteiger partial charge in [0.15, 0.2) is 16.6 Å². The number of benzene rings is 3. The molecule has 0 aromatic heterocycles. The van der Waals surface area contributed by atoms with Gasteiger partial charge in [0.25, 0.3) is 0 Å². The topological polar surface area (TPSA) is 83.1 Å². The Kier molecular flexibility index (Phi) is 8.10. The highest BCUT2D eigenvalue weighted by Crippen LogP contribution is 2.28. The largest absolute Gasteiger partial charge is 0.545 e. The van der Waals surface area contributed by atoms with Crippen molar-refractivity contribution in [2.45, 2.75) is 13.1 Å². The second kappa shape index (κ2) is 11.2. The van der Waals surface area contributed by atoms with Crippen molar-refractivity contribution in [1.29, 1.82) is 0 Å². The van der Waals surface area contributed by atoms with Crippen molar-refractivity contribution in [3.05, 3.63) is 83.4 Å². The van der Waals surface area contributed by atoms with Crippen molar-refractivity contribution in [3.63, 3.8) is 0 Å². The fourth-order valence-corrected chi connectivity index (χ4v) is 3.52. The van der Waals surface area contributed by atoms with Crippen LogP contribution in [0.5, 0.6) is 17.2 Å². The Balaban J connectivity index is 1.86. The van der Waals surface area contributed by atoms with Crippen LogP contribution in [0.2, 0.25) is 0 Å². The van der Waals surface area contributed by atoms with Gasteiger partial charge in [0, 0.05) is 24.8 Å². The summed E-state index contributed by atoms with van der Waals surface area (Å²) in [5.41, 5.74) is 2.79. The molecule has 0 heterocycles. The van der Waals surface area contributed by atoms with E-state index in [4.69, 9.17) is 26.4 Å². The number of hydrogen-bond acceptors (Lipinski definition) is 6. The van der Waals surface area contributed by atoms with Crippen LogP contribution >= 0.6 is 12.2 Å². The summed E-state index contributed by atoms with van der Waals surface area (Å²) in [7, 11) is 4.79. The zero-order valence-corrected chi connectivity index (χ0v) is 19.5. The van der Waals surface area contributed by atoms with Gasteiger partial charge in [-0.1, -0.05) is 36.4 Å². The number of aromatic carboxylic acids is 1. The van der Waals surface area contributed by atoms with Crippen molar-refractivity contribution >= 4 is 29.0 Å². The van der Waals surface area contributed by atoms with E-state index in [2.05, 4.69) is 5.32 Å². The molecule has 7 nitrogen and oxygen atoms in total. The van der Waals surface area contributed by atoms with Crippen molar-refractivity contribution in [3.8, 4) is 17.2 Å². The monoisotopic (exact) mass is 465 g/mol. The van der Waals surface area contributed by atoms with Crippen LogP contribution in [0.4, 0.5) is 5.69 Å². The van der Waals surface area contributed by atoms with Gasteiger partial charge >= 0.3 is 0 Å². The zero-order chi connectivity index (χ0) is 23.8. The first-order valence-corrected chi connectivity index (χ1v) is 10.6. The van der Waals surface area contributed by atoms with Gasteiger partial charge < -0.3 is 34.3 Å². The van der Waals surface area contributed by atoms with Gasteiger partial charge in [0.1, 0.15) is 5.75 Å². The van der Waals surface area contributed by atoms with E-state index in [-0.39, 0.29) is 5.56 Å². The summed E-state index contributed by atoms with van der Waals surface area (Å²) >= 11 is 5.73. The number of ether oxygens (including phenoxy) is 3. The molecule has 0 atom stereocenters. The number of carbonyl (C=O) groups excluding carboxylic acids is 1. The highest BCUT2D eigenvalue weighted by Gasteiger charge is 2.14. The molecule has 3 aromatic rings. The highest BCUT2D eigenvalue weighted by molar-refractivity contribution is 7.80. The molecule has 0 radical (unpaired) electrons. The fraction of sp³-hybridized carbons (Fsp3) is 0.200. The summed E-state index contributed by atoms with van der Waals surface area (Å²) in [6.45, 7) is 0.940. The second-order valence-corrected chi connectivity index (χ2v) is 7.58. The first-order chi connectivity index (χ1) is 15.9. The number of carbonyl (C=O) groups is 1. The number of nitrogens with zero attached hydrogens (tertiary/aromatic N) is 1. The second-order valence-electron chi connectivity index (χ2n) is 7.19. The van der Waals surface area contributed by atoms with Gasteiger partial charge in [-0.3, -0.25) is 0 Å². The number of nitrogens with one attached hydrogen (secondary N) is 1. The van der Waals surface area contributed by atoms with E-state index in [1.54, 1.807) is 33.5 Å². The number of carboxylic acid groups (broad SMARTS) is 1. The molecule has 0 fully saturated rings. The van der Waals surface area contributed by atoms with E-state index in [1.807, 2.05) is 47.4 Å². The summed E-state index contributed by atoms with van der Waals surface area (Å²) in [6.07, 6.45) is 0. The van der Waals surface area contributed by atoms with E-state index in [9.17, 15) is 9.90 Å². The van der Waals surface area contributed by atoms with Crippen LogP contribution < -0.4 is 24.6 Å². The average molecular weight is 466 g/mol. The van der Waals surface area contributed by atoms with Crippen molar-refractivity contribution in [1.82, 2.24) is 4.90 Å². The van der Waals surface area contributed by atoms with Gasteiger partial charge in [-0.15, -0.1) is 0 Å². The van der Waals surface area contributed by atoms with Gasteiger partial charge in [-0.05, 0) is 53.2 Å². The predicted molar refractivity (Wildman–Crippen MR) is 129 cm³/mol. The molecule has 33 heavy (non-hydrogen) atoms. The minimum Gasteiger partial charge on any atom is -0.545 e. The molecule has 0 amide bonds. The lowest BCUT2D eigenvalue weighted by Crippen LogP contribution is -2.34. The summed E-state index contributed by atoms with van der Waals surface area (Å²) in [5.74, 6) is 0.772. The molecule has 0 spiro atoms. The summed E-state index contributed by atoms with van der Waals surface area (Å²) in [5, 5.41) is 14.8. The van der Waals surface area contributed by atoms with E-state index < -0.39 is 5.97 Å². The molecule has 3 rings (SSSR count). The maximum atomic E-state index is 11.1. The predicted octanol–water partition coefficient (Wildman–Crippen LogP) is 3.48. The lowest BCUT2D eigenvalue weighted by Gasteiger charge is -2.27. The third kappa shape index (κ3) is 6.36.